The standard InChI is InChI=1S/C15H11.C9H13.C4H8Si.2ClH.Zr/c1-2-6-12(7-3-1)15-11-10-13-8-4-5-9-14(13)15;1-6-5-7(2)9(4)8(6)3;1-2-4-5-3-1;;;/h1-11H;6H,1-4H3;1-4H2;2*1H;/q;;;;;+2/p-2. The molecule has 2 unspecified atom stereocenters. The summed E-state index contributed by atoms with van der Waals surface area (Å²) >= 11 is -1.89. The summed E-state index contributed by atoms with van der Waals surface area (Å²) in [6, 6.07) is 23.7. The zero-order chi connectivity index (χ0) is 20.8. The summed E-state index contributed by atoms with van der Waals surface area (Å²) in [5.74, 6) is 0.693. The Morgan fingerprint density at radius 3 is 2.06 bits per heavy atom. The maximum absolute atomic E-state index is 2.74. The van der Waals surface area contributed by atoms with Crippen molar-refractivity contribution < 1.29 is 45.2 Å². The first kappa shape index (κ1) is 26.0. The average molecular weight is 559 g/mol. The average Bonchev–Trinajstić information content (AvgIpc) is 3.48. The van der Waals surface area contributed by atoms with Crippen LogP contribution in [0.4, 0.5) is 0 Å². The van der Waals surface area contributed by atoms with Gasteiger partial charge in [0.1, 0.15) is 0 Å². The first-order chi connectivity index (χ1) is 14.6. The third-order valence-electron chi connectivity index (χ3n) is 7.83. The summed E-state index contributed by atoms with van der Waals surface area (Å²) < 4.78 is 2.71. The molecule has 2 aliphatic carbocycles. The van der Waals surface area contributed by atoms with Crippen LogP contribution in [0.15, 0.2) is 80.7 Å². The van der Waals surface area contributed by atoms with Gasteiger partial charge in [-0.2, -0.15) is 0 Å². The molecule has 2 aromatic carbocycles. The SMILES string of the molecule is CC1=C(C)C(C)[C]([Zr+2]([CH]2C=C(c3ccccc3)c3ccccc32)=[Si]2CCCC2)=C1C.[Cl-].[Cl-]. The first-order valence-electron chi connectivity index (χ1n) is 11.5. The van der Waals surface area contributed by atoms with Gasteiger partial charge in [-0.05, 0) is 0 Å². The first-order valence-corrected chi connectivity index (χ1v) is 19.8. The van der Waals surface area contributed by atoms with Crippen LogP contribution in [-0.2, 0) is 20.4 Å². The molecule has 166 valence electrons. The molecule has 0 radical (unpaired) electrons. The topological polar surface area (TPSA) is 0 Å². The van der Waals surface area contributed by atoms with Crippen LogP contribution in [0.5, 0.6) is 0 Å². The summed E-state index contributed by atoms with van der Waals surface area (Å²) in [6.07, 6.45) is 5.73. The third kappa shape index (κ3) is 4.38. The number of allylic oxidation sites excluding steroid dienone is 5. The van der Waals surface area contributed by atoms with Crippen molar-refractivity contribution >= 4 is 11.0 Å². The molecule has 2 atom stereocenters. The minimum absolute atomic E-state index is 0. The van der Waals surface area contributed by atoms with Crippen LogP contribution in [0.1, 0.15) is 60.9 Å². The van der Waals surface area contributed by atoms with Gasteiger partial charge in [-0.1, -0.05) is 0 Å². The summed E-state index contributed by atoms with van der Waals surface area (Å²) in [4.78, 5) is 0. The molecule has 0 amide bonds. The molecule has 1 heterocycles. The van der Waals surface area contributed by atoms with Crippen LogP contribution < -0.4 is 24.8 Å². The molecule has 32 heavy (non-hydrogen) atoms. The Hall–Kier alpha value is -0.660. The second-order valence-electron chi connectivity index (χ2n) is 9.30. The number of fused-ring (bicyclic) bond motifs is 1. The smallest absolute Gasteiger partial charge is 1.00 e. The van der Waals surface area contributed by atoms with Crippen molar-refractivity contribution in [1.29, 1.82) is 0 Å². The summed E-state index contributed by atoms with van der Waals surface area (Å²) in [5.41, 5.74) is 10.8. The van der Waals surface area contributed by atoms with E-state index in [9.17, 15) is 0 Å². The van der Waals surface area contributed by atoms with E-state index in [1.165, 1.54) is 29.5 Å². The number of hydrogen-bond donors (Lipinski definition) is 0. The van der Waals surface area contributed by atoms with Crippen molar-refractivity contribution in [2.75, 3.05) is 0 Å². The zero-order valence-corrected chi connectivity index (χ0v) is 24.5. The maximum atomic E-state index is 2.74. The molecule has 0 saturated carbocycles. The number of benzene rings is 2. The molecule has 1 aliphatic heterocycles. The van der Waals surface area contributed by atoms with Crippen molar-refractivity contribution in [3.63, 3.8) is 0 Å². The molecular formula is C28H32Cl2SiZr. The number of halogens is 2. The quantitative estimate of drug-likeness (QED) is 0.505. The van der Waals surface area contributed by atoms with Crippen molar-refractivity contribution in [2.24, 2.45) is 5.92 Å². The van der Waals surface area contributed by atoms with E-state index < -0.39 is 20.4 Å². The number of rotatable bonds is 3. The van der Waals surface area contributed by atoms with Crippen LogP contribution in [0, 0.1) is 5.92 Å². The predicted molar refractivity (Wildman–Crippen MR) is 128 cm³/mol. The Morgan fingerprint density at radius 1 is 0.812 bits per heavy atom. The monoisotopic (exact) mass is 556 g/mol. The van der Waals surface area contributed by atoms with Gasteiger partial charge in [-0.15, -0.1) is 0 Å². The molecule has 4 heteroatoms. The van der Waals surface area contributed by atoms with Gasteiger partial charge in [0.15, 0.2) is 0 Å². The van der Waals surface area contributed by atoms with Gasteiger partial charge in [-0.3, -0.25) is 0 Å². The van der Waals surface area contributed by atoms with Crippen LogP contribution in [0.2, 0.25) is 12.1 Å². The van der Waals surface area contributed by atoms with Gasteiger partial charge in [0.05, 0.1) is 0 Å². The van der Waals surface area contributed by atoms with Crippen molar-refractivity contribution in [2.45, 2.75) is 56.3 Å². The van der Waals surface area contributed by atoms with Crippen molar-refractivity contribution in [3.8, 4) is 0 Å². The Labute approximate surface area is 214 Å². The van der Waals surface area contributed by atoms with Crippen LogP contribution in [-0.4, -0.2) is 5.43 Å². The minimum Gasteiger partial charge on any atom is -1.00 e. The molecule has 3 aliphatic rings. The van der Waals surface area contributed by atoms with E-state index in [1.807, 2.05) is 3.28 Å². The predicted octanol–water partition coefficient (Wildman–Crippen LogP) is 1.84. The van der Waals surface area contributed by atoms with Crippen LogP contribution >= 0.6 is 0 Å². The Balaban J connectivity index is 0.00000144. The van der Waals surface area contributed by atoms with Crippen LogP contribution in [0.25, 0.3) is 5.57 Å². The second kappa shape index (κ2) is 10.7. The molecule has 1 fully saturated rings. The van der Waals surface area contributed by atoms with Gasteiger partial charge >= 0.3 is 191 Å². The molecule has 0 aromatic heterocycles. The van der Waals surface area contributed by atoms with Gasteiger partial charge < -0.3 is 24.8 Å². The third-order valence-corrected chi connectivity index (χ3v) is 29.4. The second-order valence-corrected chi connectivity index (χ2v) is 24.8. The molecule has 0 nitrogen and oxygen atoms in total. The largest absolute Gasteiger partial charge is 1.00 e. The summed E-state index contributed by atoms with van der Waals surface area (Å²) in [6.45, 7) is 9.76. The molecule has 0 bridgehead atoms. The minimum atomic E-state index is -1.89. The van der Waals surface area contributed by atoms with E-state index in [1.54, 1.807) is 34.4 Å². The molecular weight excluding hydrogens is 527 g/mol. The Morgan fingerprint density at radius 2 is 1.44 bits per heavy atom. The van der Waals surface area contributed by atoms with Gasteiger partial charge in [0, 0.05) is 0 Å². The molecule has 5 rings (SSSR count). The normalized spacial score (nSPS) is 21.6. The van der Waals surface area contributed by atoms with Crippen molar-refractivity contribution in [3.05, 3.63) is 97.4 Å². The van der Waals surface area contributed by atoms with E-state index in [0.29, 0.717) is 5.92 Å². The molecule has 1 saturated heterocycles. The van der Waals surface area contributed by atoms with Crippen molar-refractivity contribution in [1.82, 2.24) is 0 Å². The van der Waals surface area contributed by atoms with Crippen LogP contribution in [0.3, 0.4) is 0 Å². The van der Waals surface area contributed by atoms with E-state index >= 15 is 0 Å². The molecule has 0 N–H and O–H groups in total. The summed E-state index contributed by atoms with van der Waals surface area (Å²) in [5, 5.41) is 0. The van der Waals surface area contributed by atoms with Gasteiger partial charge in [-0.25, -0.2) is 0 Å². The van der Waals surface area contributed by atoms with Gasteiger partial charge in [0.2, 0.25) is 0 Å². The fourth-order valence-electron chi connectivity index (χ4n) is 5.92. The number of hydrogen-bond acceptors (Lipinski definition) is 0. The zero-order valence-electron chi connectivity index (χ0n) is 19.5. The fourth-order valence-corrected chi connectivity index (χ4v) is 31.5. The molecule has 0 spiro atoms. The van der Waals surface area contributed by atoms with E-state index in [0.717, 1.165) is 3.63 Å². The maximum Gasteiger partial charge on any atom is -1.00 e. The van der Waals surface area contributed by atoms with E-state index in [4.69, 9.17) is 0 Å². The molecule has 2 aromatic rings. The van der Waals surface area contributed by atoms with E-state index in [2.05, 4.69) is 88.4 Å². The Kier molecular flexibility index (Phi) is 8.70. The Bertz CT molecular complexity index is 1130. The van der Waals surface area contributed by atoms with Gasteiger partial charge in [0.25, 0.3) is 0 Å². The summed E-state index contributed by atoms with van der Waals surface area (Å²) in [7, 11) is 0. The van der Waals surface area contributed by atoms with E-state index in [-0.39, 0.29) is 30.2 Å². The fraction of sp³-hybridized carbons (Fsp3) is 0.357.